The molecule has 0 saturated carbocycles. The fraction of sp³-hybridized carbons (Fsp3) is 0. The van der Waals surface area contributed by atoms with Crippen molar-refractivity contribution in [3.05, 3.63) is 164 Å². The number of nitrogens with zero attached hydrogens (tertiary/aromatic N) is 3. The molecule has 0 fully saturated rings. The summed E-state index contributed by atoms with van der Waals surface area (Å²) >= 11 is 1.84. The maximum absolute atomic E-state index is 5.44. The average Bonchev–Trinajstić information content (AvgIpc) is 3.57. The smallest absolute Gasteiger partial charge is 0.160 e. The van der Waals surface area contributed by atoms with Crippen LogP contribution in [0.2, 0.25) is 0 Å². The molecule has 3 aromatic heterocycles. The van der Waals surface area contributed by atoms with Crippen molar-refractivity contribution in [2.45, 2.75) is 0 Å². The van der Waals surface area contributed by atoms with Gasteiger partial charge in [-0.25, -0.2) is 15.0 Å². The largest absolute Gasteiger partial charge is 0.247 e. The predicted octanol–water partition coefficient (Wildman–Crippen LogP) is 12.4. The van der Waals surface area contributed by atoms with Gasteiger partial charge < -0.3 is 0 Å². The van der Waals surface area contributed by atoms with Gasteiger partial charge in [0.25, 0.3) is 0 Å². The second-order valence-electron chi connectivity index (χ2n) is 12.4. The van der Waals surface area contributed by atoms with Crippen molar-refractivity contribution in [3.8, 4) is 45.0 Å². The quantitative estimate of drug-likeness (QED) is 0.180. The van der Waals surface area contributed by atoms with Crippen LogP contribution in [-0.4, -0.2) is 15.0 Å². The first-order chi connectivity index (χ1) is 24.3. The lowest BCUT2D eigenvalue weighted by Crippen LogP contribution is -1.97. The van der Waals surface area contributed by atoms with E-state index in [1.807, 2.05) is 17.4 Å². The van der Waals surface area contributed by atoms with Crippen molar-refractivity contribution >= 4 is 64.1 Å². The minimum Gasteiger partial charge on any atom is -0.247 e. The second kappa shape index (κ2) is 11.2. The van der Waals surface area contributed by atoms with Gasteiger partial charge in [-0.15, -0.1) is 11.3 Å². The topological polar surface area (TPSA) is 38.7 Å². The molecule has 228 valence electrons. The van der Waals surface area contributed by atoms with Crippen molar-refractivity contribution in [2.24, 2.45) is 0 Å². The molecule has 3 nitrogen and oxygen atoms in total. The summed E-state index contributed by atoms with van der Waals surface area (Å²) in [6.07, 6.45) is 0. The summed E-state index contributed by atoms with van der Waals surface area (Å²) in [6.45, 7) is 0. The van der Waals surface area contributed by atoms with Gasteiger partial charge in [0, 0.05) is 58.4 Å². The zero-order chi connectivity index (χ0) is 32.3. The highest BCUT2D eigenvalue weighted by Gasteiger charge is 2.22. The highest BCUT2D eigenvalue weighted by molar-refractivity contribution is 7.26. The van der Waals surface area contributed by atoms with Crippen LogP contribution in [-0.2, 0) is 0 Å². The predicted molar refractivity (Wildman–Crippen MR) is 207 cm³/mol. The van der Waals surface area contributed by atoms with Crippen LogP contribution in [0.1, 0.15) is 0 Å². The van der Waals surface area contributed by atoms with Gasteiger partial charge in [0.05, 0.1) is 22.4 Å². The Balaban J connectivity index is 1.34. The Hall–Kier alpha value is -6.23. The third-order valence-electron chi connectivity index (χ3n) is 9.44. The summed E-state index contributed by atoms with van der Waals surface area (Å²) < 4.78 is 2.47. The lowest BCUT2D eigenvalue weighted by molar-refractivity contribution is 1.23. The molecule has 4 heteroatoms. The van der Waals surface area contributed by atoms with E-state index in [2.05, 4.69) is 158 Å². The molecule has 10 aromatic rings. The molecule has 0 saturated heterocycles. The number of para-hydroxylation sites is 2. The normalized spacial score (nSPS) is 11.7. The van der Waals surface area contributed by atoms with Gasteiger partial charge in [0.1, 0.15) is 0 Å². The Morgan fingerprint density at radius 1 is 0.367 bits per heavy atom. The van der Waals surface area contributed by atoms with Crippen LogP contribution < -0.4 is 0 Å². The first-order valence-electron chi connectivity index (χ1n) is 16.5. The average molecular weight is 642 g/mol. The Labute approximate surface area is 286 Å². The van der Waals surface area contributed by atoms with E-state index in [0.29, 0.717) is 5.82 Å². The van der Waals surface area contributed by atoms with Crippen molar-refractivity contribution < 1.29 is 0 Å². The molecule has 7 aromatic carbocycles. The molecule has 0 aliphatic rings. The maximum Gasteiger partial charge on any atom is 0.160 e. The lowest BCUT2D eigenvalue weighted by Gasteiger charge is -2.16. The van der Waals surface area contributed by atoms with Crippen LogP contribution >= 0.6 is 11.3 Å². The monoisotopic (exact) mass is 641 g/mol. The standard InChI is InChI=1S/C45H27N3S/c1-3-14-28(15-4-1)30-18-13-19-31(26-30)45-47-38-24-11-8-21-33(38)43(48-45)36-27-35-40(41-34-22-9-12-25-39(34)49-44(36)41)32-20-7-10-23-37(32)46-42(35)29-16-5-2-6-17-29/h1-27H. The summed E-state index contributed by atoms with van der Waals surface area (Å²) in [7, 11) is 0. The zero-order valence-corrected chi connectivity index (χ0v) is 27.2. The fourth-order valence-electron chi connectivity index (χ4n) is 7.20. The fourth-order valence-corrected chi connectivity index (χ4v) is 8.43. The number of aromatic nitrogens is 3. The van der Waals surface area contributed by atoms with E-state index in [0.717, 1.165) is 60.8 Å². The number of benzene rings is 7. The SMILES string of the molecule is c1ccc(-c2cccc(-c3nc(-c4cc5c(-c6ccccc6)nc6ccccc6c5c5c4sc4ccccc45)c4ccccc4n3)c2)cc1. The molecule has 0 aliphatic heterocycles. The minimum absolute atomic E-state index is 0.709. The molecule has 0 unspecified atom stereocenters. The number of rotatable bonds is 4. The summed E-state index contributed by atoms with van der Waals surface area (Å²) in [5.41, 5.74) is 9.29. The molecular weight excluding hydrogens is 615 g/mol. The Bertz CT molecular complexity index is 2880. The minimum atomic E-state index is 0.709. The Morgan fingerprint density at radius 2 is 0.980 bits per heavy atom. The molecule has 0 N–H and O–H groups in total. The van der Waals surface area contributed by atoms with Gasteiger partial charge in [0.2, 0.25) is 0 Å². The number of fused-ring (bicyclic) bond motifs is 8. The van der Waals surface area contributed by atoms with Crippen LogP contribution in [0.25, 0.3) is 97.8 Å². The number of pyridine rings is 1. The van der Waals surface area contributed by atoms with Crippen molar-refractivity contribution in [1.29, 1.82) is 0 Å². The van der Waals surface area contributed by atoms with Crippen LogP contribution in [0.4, 0.5) is 0 Å². The lowest BCUT2D eigenvalue weighted by atomic mass is 9.92. The Kier molecular flexibility index (Phi) is 6.36. The number of thiophene rings is 1. The van der Waals surface area contributed by atoms with Crippen LogP contribution in [0.3, 0.4) is 0 Å². The van der Waals surface area contributed by atoms with Gasteiger partial charge in [-0.05, 0) is 41.5 Å². The molecule has 0 radical (unpaired) electrons. The summed E-state index contributed by atoms with van der Waals surface area (Å²) in [5, 5.41) is 7.03. The first kappa shape index (κ1) is 27.8. The van der Waals surface area contributed by atoms with E-state index in [1.54, 1.807) is 0 Å². The third-order valence-corrected chi connectivity index (χ3v) is 10.6. The summed E-state index contributed by atoms with van der Waals surface area (Å²) in [6, 6.07) is 57.6. The van der Waals surface area contributed by atoms with E-state index < -0.39 is 0 Å². The first-order valence-corrected chi connectivity index (χ1v) is 17.3. The van der Waals surface area contributed by atoms with Crippen LogP contribution in [0.5, 0.6) is 0 Å². The molecule has 0 amide bonds. The molecule has 49 heavy (non-hydrogen) atoms. The van der Waals surface area contributed by atoms with Gasteiger partial charge in [-0.2, -0.15) is 0 Å². The zero-order valence-electron chi connectivity index (χ0n) is 26.3. The van der Waals surface area contributed by atoms with Crippen molar-refractivity contribution in [3.63, 3.8) is 0 Å². The highest BCUT2D eigenvalue weighted by Crippen LogP contribution is 2.48. The summed E-state index contributed by atoms with van der Waals surface area (Å²) in [4.78, 5) is 15.9. The van der Waals surface area contributed by atoms with Gasteiger partial charge in [-0.1, -0.05) is 133 Å². The van der Waals surface area contributed by atoms with Crippen LogP contribution in [0, 0.1) is 0 Å². The maximum atomic E-state index is 5.44. The van der Waals surface area contributed by atoms with E-state index in [-0.39, 0.29) is 0 Å². The second-order valence-corrected chi connectivity index (χ2v) is 13.4. The van der Waals surface area contributed by atoms with E-state index in [4.69, 9.17) is 15.0 Å². The molecular formula is C45H27N3S. The summed E-state index contributed by atoms with van der Waals surface area (Å²) in [5.74, 6) is 0.709. The number of hydrogen-bond donors (Lipinski definition) is 0. The molecule has 0 spiro atoms. The van der Waals surface area contributed by atoms with Gasteiger partial charge in [0.15, 0.2) is 5.82 Å². The highest BCUT2D eigenvalue weighted by atomic mass is 32.1. The molecule has 0 atom stereocenters. The molecule has 0 bridgehead atoms. The molecule has 10 rings (SSSR count). The van der Waals surface area contributed by atoms with Crippen LogP contribution in [0.15, 0.2) is 164 Å². The van der Waals surface area contributed by atoms with E-state index in [1.165, 1.54) is 31.1 Å². The van der Waals surface area contributed by atoms with Crippen molar-refractivity contribution in [1.82, 2.24) is 15.0 Å². The Morgan fingerprint density at radius 3 is 1.78 bits per heavy atom. The van der Waals surface area contributed by atoms with E-state index >= 15 is 0 Å². The van der Waals surface area contributed by atoms with Gasteiger partial charge >= 0.3 is 0 Å². The third kappa shape index (κ3) is 4.53. The molecule has 0 aliphatic carbocycles. The van der Waals surface area contributed by atoms with E-state index in [9.17, 15) is 0 Å². The molecule has 3 heterocycles. The van der Waals surface area contributed by atoms with Gasteiger partial charge in [-0.3, -0.25) is 0 Å². The number of hydrogen-bond acceptors (Lipinski definition) is 4. The van der Waals surface area contributed by atoms with Crippen molar-refractivity contribution in [2.75, 3.05) is 0 Å².